The molecule has 7 heteroatoms. The molecule has 0 aliphatic carbocycles. The van der Waals surface area contributed by atoms with E-state index in [1.807, 2.05) is 37.3 Å². The highest BCUT2D eigenvalue weighted by molar-refractivity contribution is 7.14. The van der Waals surface area contributed by atoms with Crippen molar-refractivity contribution in [2.75, 3.05) is 5.32 Å². The fourth-order valence-electron chi connectivity index (χ4n) is 1.54. The van der Waals surface area contributed by atoms with E-state index in [9.17, 15) is 0 Å². The number of nitrogens with one attached hydrogen (secondary N) is 1. The summed E-state index contributed by atoms with van der Waals surface area (Å²) < 4.78 is 4.12. The summed E-state index contributed by atoms with van der Waals surface area (Å²) >= 11 is 2.94. The number of anilines is 1. The molecule has 5 nitrogen and oxygen atoms in total. The molecule has 2 heterocycles. The highest BCUT2D eigenvalue weighted by atomic mass is 32.1. The van der Waals surface area contributed by atoms with Gasteiger partial charge in [-0.25, -0.2) is 4.98 Å². The van der Waals surface area contributed by atoms with Crippen LogP contribution in [0.4, 0.5) is 5.13 Å². The van der Waals surface area contributed by atoms with Crippen LogP contribution in [0.3, 0.4) is 0 Å². The minimum absolute atomic E-state index is 0.624. The van der Waals surface area contributed by atoms with E-state index in [1.54, 1.807) is 11.3 Å². The summed E-state index contributed by atoms with van der Waals surface area (Å²) in [5.41, 5.74) is 1.10. The molecule has 0 aliphatic rings. The number of hydrogen-bond acceptors (Lipinski definition) is 7. The third-order valence-electron chi connectivity index (χ3n) is 2.41. The first-order valence-corrected chi connectivity index (χ1v) is 7.32. The van der Waals surface area contributed by atoms with Gasteiger partial charge in [0.15, 0.2) is 0 Å². The van der Waals surface area contributed by atoms with Gasteiger partial charge in [-0.3, -0.25) is 0 Å². The van der Waals surface area contributed by atoms with Gasteiger partial charge in [-0.15, -0.1) is 10.2 Å². The highest BCUT2D eigenvalue weighted by Crippen LogP contribution is 2.23. The first kappa shape index (κ1) is 12.2. The molecular weight excluding hydrogens is 278 g/mol. The van der Waals surface area contributed by atoms with Crippen LogP contribution in [0.25, 0.3) is 10.6 Å². The number of aromatic nitrogens is 4. The van der Waals surface area contributed by atoms with Gasteiger partial charge < -0.3 is 5.32 Å². The minimum atomic E-state index is 0.624. The summed E-state index contributed by atoms with van der Waals surface area (Å²) in [6, 6.07) is 10.1. The molecule has 0 radical (unpaired) electrons. The van der Waals surface area contributed by atoms with Crippen LogP contribution in [-0.2, 0) is 6.54 Å². The van der Waals surface area contributed by atoms with Crippen molar-refractivity contribution in [3.8, 4) is 10.6 Å². The van der Waals surface area contributed by atoms with Crippen LogP contribution < -0.4 is 5.32 Å². The summed E-state index contributed by atoms with van der Waals surface area (Å²) in [6.45, 7) is 2.50. The summed E-state index contributed by atoms with van der Waals surface area (Å²) in [4.78, 5) is 4.24. The zero-order chi connectivity index (χ0) is 13.1. The van der Waals surface area contributed by atoms with E-state index in [2.05, 4.69) is 24.9 Å². The zero-order valence-corrected chi connectivity index (χ0v) is 11.8. The zero-order valence-electron chi connectivity index (χ0n) is 10.2. The molecule has 1 N–H and O–H groups in total. The third kappa shape index (κ3) is 2.94. The second kappa shape index (κ2) is 5.41. The topological polar surface area (TPSA) is 63.6 Å². The van der Waals surface area contributed by atoms with Crippen LogP contribution in [-0.4, -0.2) is 19.6 Å². The molecule has 0 fully saturated rings. The molecule has 0 amide bonds. The monoisotopic (exact) mass is 289 g/mol. The maximum absolute atomic E-state index is 4.24. The van der Waals surface area contributed by atoms with Crippen molar-refractivity contribution in [1.82, 2.24) is 19.6 Å². The Morgan fingerprint density at radius 1 is 1.16 bits per heavy atom. The van der Waals surface area contributed by atoms with Crippen molar-refractivity contribution in [2.24, 2.45) is 0 Å². The van der Waals surface area contributed by atoms with Crippen molar-refractivity contribution >= 4 is 28.0 Å². The van der Waals surface area contributed by atoms with Crippen molar-refractivity contribution < 1.29 is 0 Å². The molecule has 2 aromatic heterocycles. The molecule has 3 rings (SSSR count). The summed E-state index contributed by atoms with van der Waals surface area (Å²) in [6.07, 6.45) is 0. The molecule has 0 aliphatic heterocycles. The first-order chi connectivity index (χ1) is 9.31. The SMILES string of the molecule is Cc1nsc(NCc2nnc(-c3ccccc3)s2)n1. The molecular formula is C12H11N5S2. The predicted molar refractivity (Wildman–Crippen MR) is 77.3 cm³/mol. The molecule has 1 aromatic carbocycles. The standard InChI is InChI=1S/C12H11N5S2/c1-8-14-12(19-17-8)13-7-10-15-16-11(18-10)9-5-3-2-4-6-9/h2-6H,7H2,1H3,(H,13,14,17). The Bertz CT molecular complexity index is 662. The first-order valence-electron chi connectivity index (χ1n) is 5.73. The van der Waals surface area contributed by atoms with Gasteiger partial charge >= 0.3 is 0 Å². The fraction of sp³-hybridized carbons (Fsp3) is 0.167. The van der Waals surface area contributed by atoms with Crippen molar-refractivity contribution in [2.45, 2.75) is 13.5 Å². The average Bonchev–Trinajstić information content (AvgIpc) is 3.06. The average molecular weight is 289 g/mol. The van der Waals surface area contributed by atoms with E-state index < -0.39 is 0 Å². The molecule has 96 valence electrons. The van der Waals surface area contributed by atoms with E-state index in [0.29, 0.717) is 6.54 Å². The summed E-state index contributed by atoms with van der Waals surface area (Å²) in [5, 5.41) is 14.3. The van der Waals surface area contributed by atoms with E-state index in [0.717, 1.165) is 26.5 Å². The Morgan fingerprint density at radius 3 is 2.74 bits per heavy atom. The van der Waals surface area contributed by atoms with Crippen molar-refractivity contribution in [3.05, 3.63) is 41.2 Å². The number of benzene rings is 1. The lowest BCUT2D eigenvalue weighted by molar-refractivity contribution is 0.988. The van der Waals surface area contributed by atoms with E-state index >= 15 is 0 Å². The minimum Gasteiger partial charge on any atom is -0.354 e. The second-order valence-corrected chi connectivity index (χ2v) is 5.68. The Labute approximate surface area is 118 Å². The van der Waals surface area contributed by atoms with E-state index in [4.69, 9.17) is 0 Å². The number of aryl methyl sites for hydroxylation is 1. The van der Waals surface area contributed by atoms with Gasteiger partial charge in [0.2, 0.25) is 5.13 Å². The molecule has 0 spiro atoms. The van der Waals surface area contributed by atoms with Crippen LogP contribution in [0.5, 0.6) is 0 Å². The summed E-state index contributed by atoms with van der Waals surface area (Å²) in [5.74, 6) is 0.787. The predicted octanol–water partition coefficient (Wildman–Crippen LogP) is 2.98. The maximum Gasteiger partial charge on any atom is 0.202 e. The lowest BCUT2D eigenvalue weighted by atomic mass is 10.2. The highest BCUT2D eigenvalue weighted by Gasteiger charge is 2.07. The van der Waals surface area contributed by atoms with Crippen LogP contribution in [0.1, 0.15) is 10.8 Å². The van der Waals surface area contributed by atoms with Gasteiger partial charge in [0, 0.05) is 17.1 Å². The Balaban J connectivity index is 1.68. The van der Waals surface area contributed by atoms with Crippen LogP contribution in [0.2, 0.25) is 0 Å². The largest absolute Gasteiger partial charge is 0.354 e. The quantitative estimate of drug-likeness (QED) is 0.800. The second-order valence-electron chi connectivity index (χ2n) is 3.87. The number of hydrogen-bond donors (Lipinski definition) is 1. The molecule has 0 bridgehead atoms. The Kier molecular flexibility index (Phi) is 3.47. The van der Waals surface area contributed by atoms with Gasteiger partial charge in [0.25, 0.3) is 0 Å². The smallest absolute Gasteiger partial charge is 0.202 e. The van der Waals surface area contributed by atoms with Crippen LogP contribution in [0.15, 0.2) is 30.3 Å². The maximum atomic E-state index is 4.24. The van der Waals surface area contributed by atoms with E-state index in [1.165, 1.54) is 11.5 Å². The van der Waals surface area contributed by atoms with Gasteiger partial charge in [-0.1, -0.05) is 41.7 Å². The van der Waals surface area contributed by atoms with Gasteiger partial charge in [-0.05, 0) is 6.92 Å². The van der Waals surface area contributed by atoms with E-state index in [-0.39, 0.29) is 0 Å². The van der Waals surface area contributed by atoms with Crippen molar-refractivity contribution in [1.29, 1.82) is 0 Å². The van der Waals surface area contributed by atoms with Crippen LogP contribution >= 0.6 is 22.9 Å². The normalized spacial score (nSPS) is 10.6. The third-order valence-corrected chi connectivity index (χ3v) is 4.14. The lowest BCUT2D eigenvalue weighted by Gasteiger charge is -1.96. The molecule has 0 saturated carbocycles. The van der Waals surface area contributed by atoms with Gasteiger partial charge in [0.1, 0.15) is 15.8 Å². The number of nitrogens with zero attached hydrogens (tertiary/aromatic N) is 4. The fourth-order valence-corrected chi connectivity index (χ4v) is 2.90. The molecule has 0 saturated heterocycles. The van der Waals surface area contributed by atoms with Gasteiger partial charge in [-0.2, -0.15) is 4.37 Å². The molecule has 3 aromatic rings. The summed E-state index contributed by atoms with van der Waals surface area (Å²) in [7, 11) is 0. The van der Waals surface area contributed by atoms with Crippen molar-refractivity contribution in [3.63, 3.8) is 0 Å². The number of rotatable bonds is 4. The molecule has 0 atom stereocenters. The Morgan fingerprint density at radius 2 is 2.00 bits per heavy atom. The molecule has 0 unspecified atom stereocenters. The molecule has 19 heavy (non-hydrogen) atoms. The Hall–Kier alpha value is -1.86. The lowest BCUT2D eigenvalue weighted by Crippen LogP contribution is -1.98. The van der Waals surface area contributed by atoms with Gasteiger partial charge in [0.05, 0.1) is 6.54 Å². The van der Waals surface area contributed by atoms with Crippen LogP contribution in [0, 0.1) is 6.92 Å².